The molecule has 128 valence electrons. The van der Waals surface area contributed by atoms with Crippen molar-refractivity contribution < 1.29 is 4.79 Å². The number of nitrogens with zero attached hydrogens (tertiary/aromatic N) is 4. The molecule has 1 amide bonds. The van der Waals surface area contributed by atoms with E-state index in [1.165, 1.54) is 37.1 Å². The van der Waals surface area contributed by atoms with Gasteiger partial charge in [0.25, 0.3) is 0 Å². The molecule has 0 aromatic carbocycles. The van der Waals surface area contributed by atoms with E-state index in [1.807, 2.05) is 18.7 Å². The molecule has 2 aliphatic heterocycles. The molecule has 3 rings (SSSR count). The highest BCUT2D eigenvalue weighted by Gasteiger charge is 2.41. The number of carbonyl (C=O) groups excluding carboxylic acids is 1. The molecule has 2 saturated heterocycles. The third-order valence-electron chi connectivity index (χ3n) is 5.89. The molecule has 0 N–H and O–H groups in total. The van der Waals surface area contributed by atoms with E-state index in [0.29, 0.717) is 17.7 Å². The first-order valence-electron chi connectivity index (χ1n) is 8.86. The first kappa shape index (κ1) is 16.5. The molecule has 2 aliphatic rings. The summed E-state index contributed by atoms with van der Waals surface area (Å²) >= 11 is 0. The fourth-order valence-corrected chi connectivity index (χ4v) is 4.51. The molecule has 1 unspecified atom stereocenters. The summed E-state index contributed by atoms with van der Waals surface area (Å²) in [5.41, 5.74) is 3.85. The third-order valence-corrected chi connectivity index (χ3v) is 5.89. The quantitative estimate of drug-likeness (QED) is 0.855. The average molecular weight is 318 g/mol. The molecular weight excluding hydrogens is 288 g/mol. The third kappa shape index (κ3) is 3.30. The highest BCUT2D eigenvalue weighted by molar-refractivity contribution is 5.77. The summed E-state index contributed by atoms with van der Waals surface area (Å²) in [5, 5.41) is 4.45. The van der Waals surface area contributed by atoms with Gasteiger partial charge in [-0.2, -0.15) is 5.10 Å². The molecule has 1 aromatic rings. The smallest absolute Gasteiger partial charge is 0.222 e. The van der Waals surface area contributed by atoms with Gasteiger partial charge < -0.3 is 9.80 Å². The molecule has 0 radical (unpaired) electrons. The second-order valence-corrected chi connectivity index (χ2v) is 7.68. The average Bonchev–Trinajstić information content (AvgIpc) is 2.99. The van der Waals surface area contributed by atoms with Crippen molar-refractivity contribution in [1.29, 1.82) is 0 Å². The van der Waals surface area contributed by atoms with Gasteiger partial charge in [-0.25, -0.2) is 0 Å². The number of aryl methyl sites for hydroxylation is 2. The Morgan fingerprint density at radius 2 is 1.96 bits per heavy atom. The SMILES string of the molecule is Cc1nn(C)c(C)c1CCC(=O)N1CCC2(CCCN(C)C2)C1. The van der Waals surface area contributed by atoms with Gasteiger partial charge in [0, 0.05) is 44.2 Å². The van der Waals surface area contributed by atoms with Gasteiger partial charge in [-0.05, 0) is 58.7 Å². The maximum atomic E-state index is 12.6. The van der Waals surface area contributed by atoms with E-state index in [9.17, 15) is 4.79 Å². The van der Waals surface area contributed by atoms with E-state index in [4.69, 9.17) is 0 Å². The lowest BCUT2D eigenvalue weighted by Gasteiger charge is -2.38. The Morgan fingerprint density at radius 1 is 1.17 bits per heavy atom. The lowest BCUT2D eigenvalue weighted by molar-refractivity contribution is -0.130. The van der Waals surface area contributed by atoms with Crippen LogP contribution in [0, 0.1) is 19.3 Å². The van der Waals surface area contributed by atoms with Gasteiger partial charge >= 0.3 is 0 Å². The topological polar surface area (TPSA) is 41.4 Å². The normalized spacial score (nSPS) is 25.5. The number of hydrogen-bond acceptors (Lipinski definition) is 3. The molecule has 23 heavy (non-hydrogen) atoms. The van der Waals surface area contributed by atoms with Crippen LogP contribution in [0.4, 0.5) is 0 Å². The van der Waals surface area contributed by atoms with E-state index in [-0.39, 0.29) is 0 Å². The summed E-state index contributed by atoms with van der Waals surface area (Å²) in [4.78, 5) is 17.2. The fourth-order valence-electron chi connectivity index (χ4n) is 4.51. The van der Waals surface area contributed by atoms with Crippen LogP contribution in [0.15, 0.2) is 0 Å². The monoisotopic (exact) mass is 318 g/mol. The minimum atomic E-state index is 0.317. The second-order valence-electron chi connectivity index (χ2n) is 7.68. The molecule has 2 fully saturated rings. The maximum absolute atomic E-state index is 12.6. The number of likely N-dealkylation sites (tertiary alicyclic amines) is 2. The summed E-state index contributed by atoms with van der Waals surface area (Å²) < 4.78 is 1.91. The Morgan fingerprint density at radius 3 is 2.61 bits per heavy atom. The summed E-state index contributed by atoms with van der Waals surface area (Å²) in [6.07, 6.45) is 5.15. The molecule has 1 aromatic heterocycles. The molecule has 0 saturated carbocycles. The minimum Gasteiger partial charge on any atom is -0.342 e. The van der Waals surface area contributed by atoms with Crippen molar-refractivity contribution >= 4 is 5.91 Å². The summed E-state index contributed by atoms with van der Waals surface area (Å²) in [6, 6.07) is 0. The lowest BCUT2D eigenvalue weighted by Crippen LogP contribution is -2.43. The van der Waals surface area contributed by atoms with Crippen LogP contribution in [0.5, 0.6) is 0 Å². The number of hydrogen-bond donors (Lipinski definition) is 0. The lowest BCUT2D eigenvalue weighted by atomic mass is 9.79. The van der Waals surface area contributed by atoms with Crippen LogP contribution in [-0.2, 0) is 18.3 Å². The van der Waals surface area contributed by atoms with Crippen LogP contribution in [-0.4, -0.2) is 58.7 Å². The zero-order valence-electron chi connectivity index (χ0n) is 15.1. The zero-order valence-corrected chi connectivity index (χ0v) is 15.1. The van der Waals surface area contributed by atoms with E-state index >= 15 is 0 Å². The Bertz CT molecular complexity index is 594. The van der Waals surface area contributed by atoms with Crippen molar-refractivity contribution in [2.24, 2.45) is 12.5 Å². The Kier molecular flexibility index (Phi) is 4.50. The van der Waals surface area contributed by atoms with Crippen molar-refractivity contribution in [2.45, 2.75) is 46.0 Å². The molecule has 5 heteroatoms. The van der Waals surface area contributed by atoms with Gasteiger partial charge in [0.05, 0.1) is 5.69 Å². The molecule has 0 bridgehead atoms. The second kappa shape index (κ2) is 6.27. The number of carbonyl (C=O) groups is 1. The predicted molar refractivity (Wildman–Crippen MR) is 91.4 cm³/mol. The molecule has 1 atom stereocenters. The minimum absolute atomic E-state index is 0.317. The highest BCUT2D eigenvalue weighted by atomic mass is 16.2. The number of aromatic nitrogens is 2. The van der Waals surface area contributed by atoms with Crippen LogP contribution < -0.4 is 0 Å². The predicted octanol–water partition coefficient (Wildman–Crippen LogP) is 1.91. The Labute approximate surface area is 139 Å². The Hall–Kier alpha value is -1.36. The standard InChI is InChI=1S/C18H30N4O/c1-14-16(15(2)21(4)19-14)6-7-17(23)22-11-9-18(13-22)8-5-10-20(3)12-18/h5-13H2,1-4H3. The summed E-state index contributed by atoms with van der Waals surface area (Å²) in [7, 11) is 4.18. The summed E-state index contributed by atoms with van der Waals surface area (Å²) in [5.74, 6) is 0.317. The fraction of sp³-hybridized carbons (Fsp3) is 0.778. The zero-order chi connectivity index (χ0) is 16.6. The van der Waals surface area contributed by atoms with Gasteiger partial charge in [-0.3, -0.25) is 9.48 Å². The molecule has 5 nitrogen and oxygen atoms in total. The first-order valence-corrected chi connectivity index (χ1v) is 8.86. The molecular formula is C18H30N4O. The Balaban J connectivity index is 1.57. The molecule has 3 heterocycles. The highest BCUT2D eigenvalue weighted by Crippen LogP contribution is 2.38. The van der Waals surface area contributed by atoms with E-state index < -0.39 is 0 Å². The van der Waals surface area contributed by atoms with Crippen LogP contribution in [0.25, 0.3) is 0 Å². The van der Waals surface area contributed by atoms with Crippen LogP contribution >= 0.6 is 0 Å². The van der Waals surface area contributed by atoms with Crippen molar-refractivity contribution in [2.75, 3.05) is 33.2 Å². The van der Waals surface area contributed by atoms with Crippen LogP contribution in [0.3, 0.4) is 0 Å². The first-order chi connectivity index (χ1) is 10.9. The van der Waals surface area contributed by atoms with Gasteiger partial charge in [-0.1, -0.05) is 0 Å². The summed E-state index contributed by atoms with van der Waals surface area (Å²) in [6.45, 7) is 8.38. The van der Waals surface area contributed by atoms with Crippen LogP contribution in [0.1, 0.15) is 42.6 Å². The van der Waals surface area contributed by atoms with Gasteiger partial charge in [0.15, 0.2) is 0 Å². The maximum Gasteiger partial charge on any atom is 0.222 e. The largest absolute Gasteiger partial charge is 0.342 e. The van der Waals surface area contributed by atoms with Crippen LogP contribution in [0.2, 0.25) is 0 Å². The van der Waals surface area contributed by atoms with Gasteiger partial charge in [0.1, 0.15) is 0 Å². The van der Waals surface area contributed by atoms with Crippen molar-refractivity contribution in [3.05, 3.63) is 17.0 Å². The van der Waals surface area contributed by atoms with E-state index in [2.05, 4.69) is 28.9 Å². The number of amides is 1. The molecule has 1 spiro atoms. The number of rotatable bonds is 3. The number of piperidine rings is 1. The van der Waals surface area contributed by atoms with Crippen molar-refractivity contribution in [3.8, 4) is 0 Å². The van der Waals surface area contributed by atoms with E-state index in [0.717, 1.165) is 31.7 Å². The van der Waals surface area contributed by atoms with Crippen molar-refractivity contribution in [1.82, 2.24) is 19.6 Å². The van der Waals surface area contributed by atoms with E-state index in [1.54, 1.807) is 0 Å². The molecule has 0 aliphatic carbocycles. The van der Waals surface area contributed by atoms with Crippen molar-refractivity contribution in [3.63, 3.8) is 0 Å². The van der Waals surface area contributed by atoms with Gasteiger partial charge in [-0.15, -0.1) is 0 Å². The van der Waals surface area contributed by atoms with Gasteiger partial charge in [0.2, 0.25) is 5.91 Å².